The van der Waals surface area contributed by atoms with Crippen LogP contribution in [0.5, 0.6) is 5.75 Å². The SMILES string of the molecule is CCC(N)C(C)Oc1ccc(Cl)c(C)c1. The second kappa shape index (κ2) is 5.38. The summed E-state index contributed by atoms with van der Waals surface area (Å²) >= 11 is 5.93. The molecule has 1 rings (SSSR count). The fourth-order valence-corrected chi connectivity index (χ4v) is 1.44. The quantitative estimate of drug-likeness (QED) is 0.858. The van der Waals surface area contributed by atoms with Gasteiger partial charge in [0.05, 0.1) is 0 Å². The molecule has 0 bridgehead atoms. The lowest BCUT2D eigenvalue weighted by molar-refractivity contribution is 0.187. The molecule has 0 aromatic heterocycles. The lowest BCUT2D eigenvalue weighted by Crippen LogP contribution is -2.35. The number of hydrogen-bond acceptors (Lipinski definition) is 2. The maximum atomic E-state index is 5.93. The Morgan fingerprint density at radius 3 is 2.67 bits per heavy atom. The molecule has 0 heterocycles. The number of halogens is 1. The van der Waals surface area contributed by atoms with Gasteiger partial charge in [-0.05, 0) is 44.0 Å². The van der Waals surface area contributed by atoms with Crippen molar-refractivity contribution in [3.63, 3.8) is 0 Å². The van der Waals surface area contributed by atoms with Crippen LogP contribution in [0, 0.1) is 6.92 Å². The van der Waals surface area contributed by atoms with Crippen LogP contribution in [0.25, 0.3) is 0 Å². The van der Waals surface area contributed by atoms with Crippen molar-refractivity contribution in [1.82, 2.24) is 0 Å². The zero-order valence-corrected chi connectivity index (χ0v) is 10.2. The number of ether oxygens (including phenoxy) is 1. The Hall–Kier alpha value is -0.730. The monoisotopic (exact) mass is 227 g/mol. The molecule has 0 aliphatic carbocycles. The lowest BCUT2D eigenvalue weighted by Gasteiger charge is -2.20. The first-order valence-corrected chi connectivity index (χ1v) is 5.60. The van der Waals surface area contributed by atoms with Crippen molar-refractivity contribution in [2.24, 2.45) is 5.73 Å². The molecule has 0 amide bonds. The zero-order valence-electron chi connectivity index (χ0n) is 9.46. The molecule has 0 radical (unpaired) electrons. The fourth-order valence-electron chi connectivity index (χ4n) is 1.32. The standard InChI is InChI=1S/C12H18ClNO/c1-4-12(14)9(3)15-10-5-6-11(13)8(2)7-10/h5-7,9,12H,4,14H2,1-3H3. The molecule has 2 nitrogen and oxygen atoms in total. The predicted molar refractivity (Wildman–Crippen MR) is 64.5 cm³/mol. The molecule has 2 N–H and O–H groups in total. The van der Waals surface area contributed by atoms with Crippen molar-refractivity contribution >= 4 is 11.6 Å². The molecule has 0 saturated heterocycles. The van der Waals surface area contributed by atoms with Crippen LogP contribution in [0.2, 0.25) is 5.02 Å². The Labute approximate surface area is 96.4 Å². The van der Waals surface area contributed by atoms with Crippen LogP contribution in [-0.4, -0.2) is 12.1 Å². The summed E-state index contributed by atoms with van der Waals surface area (Å²) in [7, 11) is 0. The van der Waals surface area contributed by atoms with E-state index in [1.807, 2.05) is 32.0 Å². The van der Waals surface area contributed by atoms with E-state index in [2.05, 4.69) is 6.92 Å². The highest BCUT2D eigenvalue weighted by molar-refractivity contribution is 6.31. The maximum absolute atomic E-state index is 5.93. The van der Waals surface area contributed by atoms with E-state index in [0.29, 0.717) is 0 Å². The van der Waals surface area contributed by atoms with E-state index < -0.39 is 0 Å². The summed E-state index contributed by atoms with van der Waals surface area (Å²) in [6.45, 7) is 6.00. The summed E-state index contributed by atoms with van der Waals surface area (Å²) in [6, 6.07) is 5.72. The van der Waals surface area contributed by atoms with Crippen LogP contribution in [0.1, 0.15) is 25.8 Å². The number of hydrogen-bond donors (Lipinski definition) is 1. The summed E-state index contributed by atoms with van der Waals surface area (Å²) in [5.41, 5.74) is 6.90. The van der Waals surface area contributed by atoms with Crippen molar-refractivity contribution in [2.75, 3.05) is 0 Å². The molecule has 15 heavy (non-hydrogen) atoms. The summed E-state index contributed by atoms with van der Waals surface area (Å²) < 4.78 is 5.72. The van der Waals surface area contributed by atoms with Gasteiger partial charge in [-0.15, -0.1) is 0 Å². The average molecular weight is 228 g/mol. The normalized spacial score (nSPS) is 14.7. The topological polar surface area (TPSA) is 35.2 Å². The van der Waals surface area contributed by atoms with Gasteiger partial charge in [-0.3, -0.25) is 0 Å². The third kappa shape index (κ3) is 3.40. The minimum Gasteiger partial charge on any atom is -0.489 e. The molecule has 1 aromatic carbocycles. The zero-order chi connectivity index (χ0) is 11.4. The minimum absolute atomic E-state index is 0.0237. The molecule has 0 saturated carbocycles. The van der Waals surface area contributed by atoms with E-state index in [4.69, 9.17) is 22.1 Å². The van der Waals surface area contributed by atoms with Crippen LogP contribution in [-0.2, 0) is 0 Å². The van der Waals surface area contributed by atoms with Gasteiger partial charge in [0.15, 0.2) is 0 Å². The highest BCUT2D eigenvalue weighted by Crippen LogP contribution is 2.22. The largest absolute Gasteiger partial charge is 0.489 e. The molecule has 2 atom stereocenters. The fraction of sp³-hybridized carbons (Fsp3) is 0.500. The minimum atomic E-state index is 0.0237. The second-order valence-corrected chi connectivity index (χ2v) is 4.21. The smallest absolute Gasteiger partial charge is 0.120 e. The van der Waals surface area contributed by atoms with Crippen molar-refractivity contribution in [2.45, 2.75) is 39.3 Å². The summed E-state index contributed by atoms with van der Waals surface area (Å²) in [5.74, 6) is 0.827. The van der Waals surface area contributed by atoms with Crippen molar-refractivity contribution in [1.29, 1.82) is 0 Å². The van der Waals surface area contributed by atoms with Crippen LogP contribution < -0.4 is 10.5 Å². The molecule has 84 valence electrons. The number of nitrogens with two attached hydrogens (primary N) is 1. The van der Waals surface area contributed by atoms with E-state index in [1.165, 1.54) is 0 Å². The number of benzene rings is 1. The average Bonchev–Trinajstić information content (AvgIpc) is 2.22. The van der Waals surface area contributed by atoms with Crippen LogP contribution in [0.3, 0.4) is 0 Å². The molecule has 0 fully saturated rings. The van der Waals surface area contributed by atoms with Gasteiger partial charge < -0.3 is 10.5 Å². The Kier molecular flexibility index (Phi) is 4.43. The van der Waals surface area contributed by atoms with Gasteiger partial charge in [0.2, 0.25) is 0 Å². The first-order valence-electron chi connectivity index (χ1n) is 5.23. The van der Waals surface area contributed by atoms with Gasteiger partial charge in [0.25, 0.3) is 0 Å². The number of rotatable bonds is 4. The Morgan fingerprint density at radius 1 is 1.47 bits per heavy atom. The molecular weight excluding hydrogens is 210 g/mol. The van der Waals surface area contributed by atoms with Gasteiger partial charge in [-0.1, -0.05) is 18.5 Å². The summed E-state index contributed by atoms with van der Waals surface area (Å²) in [4.78, 5) is 0. The first kappa shape index (κ1) is 12.3. The maximum Gasteiger partial charge on any atom is 0.120 e. The second-order valence-electron chi connectivity index (χ2n) is 3.81. The van der Waals surface area contributed by atoms with Gasteiger partial charge >= 0.3 is 0 Å². The first-order chi connectivity index (χ1) is 7.04. The predicted octanol–water partition coefficient (Wildman–Crippen LogP) is 3.15. The van der Waals surface area contributed by atoms with E-state index in [0.717, 1.165) is 22.8 Å². The van der Waals surface area contributed by atoms with Gasteiger partial charge in [-0.2, -0.15) is 0 Å². The van der Waals surface area contributed by atoms with Crippen molar-refractivity contribution in [3.05, 3.63) is 28.8 Å². The highest BCUT2D eigenvalue weighted by Gasteiger charge is 2.12. The van der Waals surface area contributed by atoms with Crippen molar-refractivity contribution in [3.8, 4) is 5.75 Å². The van der Waals surface area contributed by atoms with Crippen LogP contribution in [0.4, 0.5) is 0 Å². The lowest BCUT2D eigenvalue weighted by atomic mass is 10.1. The third-order valence-electron chi connectivity index (χ3n) is 2.53. The molecule has 3 heteroatoms. The molecule has 0 aliphatic heterocycles. The molecular formula is C12H18ClNO. The van der Waals surface area contributed by atoms with E-state index in [9.17, 15) is 0 Å². The Bertz CT molecular complexity index is 327. The Morgan fingerprint density at radius 2 is 2.13 bits per heavy atom. The van der Waals surface area contributed by atoms with Gasteiger partial charge in [0, 0.05) is 11.1 Å². The van der Waals surface area contributed by atoms with E-state index in [-0.39, 0.29) is 12.1 Å². The number of aryl methyl sites for hydroxylation is 1. The van der Waals surface area contributed by atoms with Gasteiger partial charge in [0.1, 0.15) is 11.9 Å². The van der Waals surface area contributed by atoms with Gasteiger partial charge in [-0.25, -0.2) is 0 Å². The van der Waals surface area contributed by atoms with E-state index >= 15 is 0 Å². The van der Waals surface area contributed by atoms with E-state index in [1.54, 1.807) is 0 Å². The Balaban J connectivity index is 2.68. The van der Waals surface area contributed by atoms with Crippen molar-refractivity contribution < 1.29 is 4.74 Å². The molecule has 1 aromatic rings. The summed E-state index contributed by atoms with van der Waals surface area (Å²) in [5, 5.41) is 0.759. The molecule has 0 aliphatic rings. The van der Waals surface area contributed by atoms with Crippen LogP contribution >= 0.6 is 11.6 Å². The summed E-state index contributed by atoms with van der Waals surface area (Å²) in [6.07, 6.45) is 0.934. The molecule has 2 unspecified atom stereocenters. The molecule has 0 spiro atoms. The third-order valence-corrected chi connectivity index (χ3v) is 2.95. The highest BCUT2D eigenvalue weighted by atomic mass is 35.5. The van der Waals surface area contributed by atoms with Crippen LogP contribution in [0.15, 0.2) is 18.2 Å².